The van der Waals surface area contributed by atoms with E-state index >= 15 is 0 Å². The van der Waals surface area contributed by atoms with Crippen LogP contribution in [0, 0.1) is 0 Å². The standard InChI is InChI=1S/C24H21NO3/c1-2-27-24(26)20-16-19(17-10-5-3-6-11-17)23(21-14-9-15-28-21)25-22(20)18-12-7-4-8-13-18/h3-16,22,25H,2H2,1H3. The molecular formula is C24H21NO3. The summed E-state index contributed by atoms with van der Waals surface area (Å²) in [6.07, 6.45) is 3.56. The van der Waals surface area contributed by atoms with E-state index in [1.54, 1.807) is 6.26 Å². The van der Waals surface area contributed by atoms with Crippen LogP contribution in [0.5, 0.6) is 0 Å². The number of carbonyl (C=O) groups excluding carboxylic acids is 1. The number of carbonyl (C=O) groups is 1. The lowest BCUT2D eigenvalue weighted by Crippen LogP contribution is -2.30. The first-order valence-electron chi connectivity index (χ1n) is 9.31. The summed E-state index contributed by atoms with van der Waals surface area (Å²) < 4.78 is 11.0. The number of allylic oxidation sites excluding steroid dienone is 2. The minimum absolute atomic E-state index is 0.323. The van der Waals surface area contributed by atoms with Gasteiger partial charge in [-0.3, -0.25) is 0 Å². The van der Waals surface area contributed by atoms with Gasteiger partial charge in [-0.05, 0) is 36.3 Å². The van der Waals surface area contributed by atoms with E-state index < -0.39 is 0 Å². The van der Waals surface area contributed by atoms with E-state index in [1.165, 1.54) is 0 Å². The molecule has 4 nitrogen and oxygen atoms in total. The predicted octanol–water partition coefficient (Wildman–Crippen LogP) is 4.98. The predicted molar refractivity (Wildman–Crippen MR) is 109 cm³/mol. The van der Waals surface area contributed by atoms with Crippen LogP contribution in [0.15, 0.2) is 95.1 Å². The van der Waals surface area contributed by atoms with Crippen molar-refractivity contribution in [2.75, 3.05) is 6.61 Å². The summed E-state index contributed by atoms with van der Waals surface area (Å²) in [6, 6.07) is 23.3. The van der Waals surface area contributed by atoms with Gasteiger partial charge in [-0.25, -0.2) is 4.79 Å². The second-order valence-electron chi connectivity index (χ2n) is 6.44. The third-order valence-electron chi connectivity index (χ3n) is 4.67. The molecule has 1 atom stereocenters. The molecule has 0 saturated heterocycles. The number of furan rings is 1. The average molecular weight is 371 g/mol. The van der Waals surface area contributed by atoms with Gasteiger partial charge in [-0.15, -0.1) is 0 Å². The second-order valence-corrected chi connectivity index (χ2v) is 6.44. The zero-order valence-electron chi connectivity index (χ0n) is 15.6. The molecule has 1 N–H and O–H groups in total. The maximum Gasteiger partial charge on any atom is 0.336 e. The number of hydrogen-bond donors (Lipinski definition) is 1. The Hall–Kier alpha value is -3.53. The highest BCUT2D eigenvalue weighted by molar-refractivity contribution is 6.02. The third kappa shape index (κ3) is 3.49. The Bertz CT molecular complexity index is 1000. The first kappa shape index (κ1) is 17.9. The van der Waals surface area contributed by atoms with Gasteiger partial charge < -0.3 is 14.5 Å². The molecule has 0 radical (unpaired) electrons. The molecule has 0 amide bonds. The molecular weight excluding hydrogens is 350 g/mol. The summed E-state index contributed by atoms with van der Waals surface area (Å²) in [5, 5.41) is 3.53. The second kappa shape index (κ2) is 8.01. The minimum Gasteiger partial charge on any atom is -0.463 e. The van der Waals surface area contributed by atoms with Crippen LogP contribution < -0.4 is 5.32 Å². The van der Waals surface area contributed by atoms with Crippen molar-refractivity contribution in [1.82, 2.24) is 5.32 Å². The first-order chi connectivity index (χ1) is 13.8. The minimum atomic E-state index is -0.326. The fourth-order valence-electron chi connectivity index (χ4n) is 3.38. The van der Waals surface area contributed by atoms with Gasteiger partial charge in [0, 0.05) is 5.57 Å². The van der Waals surface area contributed by atoms with Gasteiger partial charge in [0.15, 0.2) is 0 Å². The molecule has 0 saturated carbocycles. The van der Waals surface area contributed by atoms with Crippen molar-refractivity contribution in [2.45, 2.75) is 13.0 Å². The Labute approximate surface area is 164 Å². The maximum atomic E-state index is 12.8. The van der Waals surface area contributed by atoms with Crippen LogP contribution in [-0.4, -0.2) is 12.6 Å². The quantitative estimate of drug-likeness (QED) is 0.643. The van der Waals surface area contributed by atoms with Crippen LogP contribution in [0.1, 0.15) is 29.9 Å². The topological polar surface area (TPSA) is 51.5 Å². The van der Waals surface area contributed by atoms with Crippen molar-refractivity contribution in [3.63, 3.8) is 0 Å². The molecule has 2 aromatic carbocycles. The molecule has 1 aromatic heterocycles. The SMILES string of the molecule is CCOC(=O)C1=CC(c2ccccc2)=C(c2ccco2)NC1c1ccccc1. The van der Waals surface area contributed by atoms with Gasteiger partial charge in [-0.2, -0.15) is 0 Å². The highest BCUT2D eigenvalue weighted by Gasteiger charge is 2.31. The highest BCUT2D eigenvalue weighted by atomic mass is 16.5. The third-order valence-corrected chi connectivity index (χ3v) is 4.67. The molecule has 4 heteroatoms. The van der Waals surface area contributed by atoms with E-state index in [0.29, 0.717) is 12.2 Å². The zero-order valence-corrected chi connectivity index (χ0v) is 15.6. The van der Waals surface area contributed by atoms with Crippen LogP contribution in [0.2, 0.25) is 0 Å². The molecule has 140 valence electrons. The summed E-state index contributed by atoms with van der Waals surface area (Å²) in [4.78, 5) is 12.8. The van der Waals surface area contributed by atoms with Crippen LogP contribution in [0.25, 0.3) is 11.3 Å². The van der Waals surface area contributed by atoms with Gasteiger partial charge in [0.25, 0.3) is 0 Å². The Morgan fingerprint density at radius 3 is 2.36 bits per heavy atom. The lowest BCUT2D eigenvalue weighted by atomic mass is 9.89. The van der Waals surface area contributed by atoms with E-state index in [-0.39, 0.29) is 12.0 Å². The van der Waals surface area contributed by atoms with Crippen molar-refractivity contribution >= 4 is 17.2 Å². The van der Waals surface area contributed by atoms with E-state index in [1.807, 2.05) is 85.8 Å². The molecule has 0 spiro atoms. The summed E-state index contributed by atoms with van der Waals surface area (Å²) in [5.41, 5.74) is 4.29. The Balaban J connectivity index is 1.89. The number of esters is 1. The summed E-state index contributed by atoms with van der Waals surface area (Å²) in [6.45, 7) is 2.14. The normalized spacial score (nSPS) is 16.3. The zero-order chi connectivity index (χ0) is 19.3. The summed E-state index contributed by atoms with van der Waals surface area (Å²) >= 11 is 0. The molecule has 0 bridgehead atoms. The van der Waals surface area contributed by atoms with Gasteiger partial charge in [0.05, 0.1) is 30.2 Å². The number of nitrogens with one attached hydrogen (secondary N) is 1. The van der Waals surface area contributed by atoms with Gasteiger partial charge in [0.1, 0.15) is 5.76 Å². The number of benzene rings is 2. The Morgan fingerprint density at radius 1 is 1.00 bits per heavy atom. The molecule has 2 heterocycles. The molecule has 1 aliphatic heterocycles. The number of ether oxygens (including phenoxy) is 1. The molecule has 1 unspecified atom stereocenters. The van der Waals surface area contributed by atoms with E-state index in [9.17, 15) is 4.79 Å². The van der Waals surface area contributed by atoms with Gasteiger partial charge in [0.2, 0.25) is 0 Å². The largest absolute Gasteiger partial charge is 0.463 e. The maximum absolute atomic E-state index is 12.8. The lowest BCUT2D eigenvalue weighted by molar-refractivity contribution is -0.138. The first-order valence-corrected chi connectivity index (χ1v) is 9.31. The fourth-order valence-corrected chi connectivity index (χ4v) is 3.38. The fraction of sp³-hybridized carbons (Fsp3) is 0.125. The summed E-state index contributed by atoms with van der Waals surface area (Å²) in [5.74, 6) is 0.398. The van der Waals surface area contributed by atoms with Crippen LogP contribution in [-0.2, 0) is 9.53 Å². The van der Waals surface area contributed by atoms with E-state index in [2.05, 4.69) is 5.32 Å². The van der Waals surface area contributed by atoms with Crippen molar-refractivity contribution in [1.29, 1.82) is 0 Å². The van der Waals surface area contributed by atoms with Crippen LogP contribution >= 0.6 is 0 Å². The van der Waals surface area contributed by atoms with E-state index in [0.717, 1.165) is 28.2 Å². The molecule has 28 heavy (non-hydrogen) atoms. The monoisotopic (exact) mass is 371 g/mol. The lowest BCUT2D eigenvalue weighted by Gasteiger charge is -2.29. The molecule has 0 aliphatic carbocycles. The van der Waals surface area contributed by atoms with Crippen LogP contribution in [0.3, 0.4) is 0 Å². The van der Waals surface area contributed by atoms with E-state index in [4.69, 9.17) is 9.15 Å². The number of dihydropyridines is 1. The highest BCUT2D eigenvalue weighted by Crippen LogP contribution is 2.37. The Kier molecular flexibility index (Phi) is 5.11. The number of rotatable bonds is 5. The van der Waals surface area contributed by atoms with Crippen molar-refractivity contribution < 1.29 is 13.9 Å². The molecule has 3 aromatic rings. The summed E-state index contributed by atoms with van der Waals surface area (Å²) in [7, 11) is 0. The van der Waals surface area contributed by atoms with Crippen molar-refractivity contribution in [2.24, 2.45) is 0 Å². The van der Waals surface area contributed by atoms with Crippen molar-refractivity contribution in [3.05, 3.63) is 108 Å². The Morgan fingerprint density at radius 2 is 1.71 bits per heavy atom. The van der Waals surface area contributed by atoms with Gasteiger partial charge >= 0.3 is 5.97 Å². The average Bonchev–Trinajstić information content (AvgIpc) is 3.29. The molecule has 4 rings (SSSR count). The van der Waals surface area contributed by atoms with Gasteiger partial charge in [-0.1, -0.05) is 60.7 Å². The van der Waals surface area contributed by atoms with Crippen molar-refractivity contribution in [3.8, 4) is 0 Å². The smallest absolute Gasteiger partial charge is 0.336 e. The number of hydrogen-bond acceptors (Lipinski definition) is 4. The van der Waals surface area contributed by atoms with Crippen LogP contribution in [0.4, 0.5) is 0 Å². The molecule has 1 aliphatic rings. The molecule has 0 fully saturated rings.